The summed E-state index contributed by atoms with van der Waals surface area (Å²) >= 11 is 1.56. The third-order valence-corrected chi connectivity index (χ3v) is 13.5. The average molecular weight is 1010 g/mol. The van der Waals surface area contributed by atoms with Gasteiger partial charge in [0.2, 0.25) is 17.7 Å². The molecule has 1 aliphatic heterocycles. The van der Waals surface area contributed by atoms with Crippen molar-refractivity contribution < 1.29 is 53.0 Å². The highest BCUT2D eigenvalue weighted by molar-refractivity contribution is 7.13. The highest BCUT2D eigenvalue weighted by atomic mass is 32.1. The van der Waals surface area contributed by atoms with Gasteiger partial charge in [-0.2, -0.15) is 0 Å². The number of hydrogen-bond acceptors (Lipinski definition) is 14. The summed E-state index contributed by atoms with van der Waals surface area (Å²) in [6.45, 7) is 8.52. The van der Waals surface area contributed by atoms with Gasteiger partial charge in [0, 0.05) is 63.8 Å². The predicted octanol–water partition coefficient (Wildman–Crippen LogP) is 4.56. The van der Waals surface area contributed by atoms with Gasteiger partial charge in [0.15, 0.2) is 11.5 Å². The van der Waals surface area contributed by atoms with E-state index >= 15 is 0 Å². The van der Waals surface area contributed by atoms with Crippen LogP contribution in [0.3, 0.4) is 0 Å². The van der Waals surface area contributed by atoms with Crippen LogP contribution in [0, 0.1) is 12.3 Å². The smallest absolute Gasteiger partial charge is 0.273 e. The van der Waals surface area contributed by atoms with E-state index in [1.165, 1.54) is 28.0 Å². The van der Waals surface area contributed by atoms with Crippen molar-refractivity contribution in [2.75, 3.05) is 53.6 Å². The Morgan fingerprint density at radius 1 is 0.917 bits per heavy atom. The molecule has 1 aliphatic carbocycles. The van der Waals surface area contributed by atoms with E-state index in [9.17, 15) is 39.0 Å². The number of amides is 6. The number of β-amino-alcohol motifs (C(OH)–C–C–N with tert-alkyl or cyclic N) is 1. The largest absolute Gasteiger partial charge is 0.507 e. The highest BCUT2D eigenvalue weighted by Gasteiger charge is 2.44. The number of aryl methyl sites for hydroxylation is 2. The molecule has 1 unspecified atom stereocenters. The third-order valence-electron chi connectivity index (χ3n) is 12.5. The lowest BCUT2D eigenvalue weighted by Gasteiger charge is -2.35. The summed E-state index contributed by atoms with van der Waals surface area (Å²) in [5.74, 6) is -2.38. The first-order valence-electron chi connectivity index (χ1n) is 23.8. The topological polar surface area (TPSA) is 255 Å². The van der Waals surface area contributed by atoms with Gasteiger partial charge in [-0.3, -0.25) is 28.8 Å². The van der Waals surface area contributed by atoms with Crippen molar-refractivity contribution in [3.05, 3.63) is 111 Å². The lowest BCUT2D eigenvalue weighted by atomic mass is 9.85. The second-order valence-electron chi connectivity index (χ2n) is 19.2. The van der Waals surface area contributed by atoms with Gasteiger partial charge < -0.3 is 55.3 Å². The zero-order valence-corrected chi connectivity index (χ0v) is 42.1. The standard InChI is InChI=1S/C52H62N8O11S/c1-30-45(72-29-55-30)33-9-7-31(8-10-33)27-54-49(66)41-25-36(61)28-60(41)51(68)46(52(2,3)4)57-44(63)17-19-69-21-22-70-20-18-53-47(64)35-12-11-32-14-16-39(38(32)23-35)56-48(65)40-26-43(71-58-40)34-13-15-37(42(62)24-34)50(67)59(5)6/h7-13,15,23-24,26,29,36,39,41,46,61-62H,14,16-22,25,27-28H2,1-6H3,(H,53,64)(H,54,66)(H,56,65)(H,57,63)/t36-,39-,41+,46?/m1/s1. The summed E-state index contributed by atoms with van der Waals surface area (Å²) in [4.78, 5) is 87.2. The summed E-state index contributed by atoms with van der Waals surface area (Å²) < 4.78 is 16.6. The number of carbonyl (C=O) groups excluding carboxylic acids is 6. The summed E-state index contributed by atoms with van der Waals surface area (Å²) in [5, 5.41) is 36.5. The molecule has 0 radical (unpaired) electrons. The third kappa shape index (κ3) is 13.1. The summed E-state index contributed by atoms with van der Waals surface area (Å²) in [7, 11) is 3.16. The minimum absolute atomic E-state index is 0.0279. The van der Waals surface area contributed by atoms with Gasteiger partial charge in [-0.15, -0.1) is 11.3 Å². The molecule has 72 heavy (non-hydrogen) atoms. The first kappa shape index (κ1) is 52.8. The van der Waals surface area contributed by atoms with Crippen LogP contribution in [-0.4, -0.2) is 137 Å². The van der Waals surface area contributed by atoms with E-state index in [0.29, 0.717) is 24.0 Å². The number of rotatable bonds is 20. The molecule has 2 aromatic heterocycles. The number of aliphatic hydroxyl groups excluding tert-OH is 1. The molecule has 3 aromatic carbocycles. The van der Waals surface area contributed by atoms with Gasteiger partial charge in [-0.25, -0.2) is 4.98 Å². The summed E-state index contributed by atoms with van der Waals surface area (Å²) in [6, 6.07) is 16.9. The first-order valence-corrected chi connectivity index (χ1v) is 24.7. The van der Waals surface area contributed by atoms with Gasteiger partial charge >= 0.3 is 0 Å². The Labute approximate surface area is 421 Å². The van der Waals surface area contributed by atoms with Crippen molar-refractivity contribution >= 4 is 46.8 Å². The van der Waals surface area contributed by atoms with E-state index < -0.39 is 41.3 Å². The predicted molar refractivity (Wildman–Crippen MR) is 267 cm³/mol. The van der Waals surface area contributed by atoms with Crippen molar-refractivity contribution in [3.63, 3.8) is 0 Å². The fourth-order valence-electron chi connectivity index (χ4n) is 8.59. The number of fused-ring (bicyclic) bond motifs is 1. The van der Waals surface area contributed by atoms with E-state index in [-0.39, 0.29) is 105 Å². The fraction of sp³-hybridized carbons (Fsp3) is 0.423. The van der Waals surface area contributed by atoms with Crippen LogP contribution in [0.15, 0.2) is 76.8 Å². The molecule has 19 nitrogen and oxygen atoms in total. The number of aromatic nitrogens is 2. The Hall–Kier alpha value is -7.00. The maximum absolute atomic E-state index is 14.0. The Morgan fingerprint density at radius 3 is 2.35 bits per heavy atom. The van der Waals surface area contributed by atoms with Crippen molar-refractivity contribution in [2.45, 2.75) is 84.2 Å². The number of aromatic hydroxyl groups is 1. The SMILES string of the molecule is Cc1ncsc1-c1ccc(CNC(=O)[C@@H]2C[C@@H](O)CN2C(=O)C(NC(=O)CCOCCOCCNC(=O)c2ccc3c(c2)[C@H](NC(=O)c2cc(-c4ccc(C(=O)N(C)C)c(O)c4)on2)CC3)C(C)(C)C)cc1. The molecule has 1 saturated heterocycles. The molecule has 3 heterocycles. The van der Waals surface area contributed by atoms with Crippen LogP contribution in [0.5, 0.6) is 5.75 Å². The Morgan fingerprint density at radius 2 is 1.65 bits per heavy atom. The van der Waals surface area contributed by atoms with Gasteiger partial charge in [-0.05, 0) is 71.7 Å². The second-order valence-corrected chi connectivity index (χ2v) is 20.0. The van der Waals surface area contributed by atoms with Crippen LogP contribution in [0.2, 0.25) is 0 Å². The number of benzene rings is 3. The molecule has 7 rings (SSSR count). The van der Waals surface area contributed by atoms with Gasteiger partial charge in [-0.1, -0.05) is 62.3 Å². The maximum atomic E-state index is 14.0. The monoisotopic (exact) mass is 1010 g/mol. The van der Waals surface area contributed by atoms with Crippen LogP contribution < -0.4 is 21.3 Å². The molecule has 6 N–H and O–H groups in total. The normalized spacial score (nSPS) is 16.7. The number of aliphatic hydroxyl groups is 1. The van der Waals surface area contributed by atoms with Crippen molar-refractivity contribution in [2.24, 2.45) is 5.41 Å². The Balaban J connectivity index is 0.793. The summed E-state index contributed by atoms with van der Waals surface area (Å²) in [6.07, 6.45) is 0.501. The minimum atomic E-state index is -0.969. The van der Waals surface area contributed by atoms with Crippen molar-refractivity contribution in [1.82, 2.24) is 41.2 Å². The number of phenols is 1. The van der Waals surface area contributed by atoms with E-state index in [1.807, 2.05) is 58.0 Å². The quantitative estimate of drug-likeness (QED) is 0.0586. The number of phenolic OH excluding ortho intramolecular Hbond substituents is 1. The van der Waals surface area contributed by atoms with Crippen molar-refractivity contribution in [1.29, 1.82) is 0 Å². The lowest BCUT2D eigenvalue weighted by Crippen LogP contribution is -2.57. The zero-order chi connectivity index (χ0) is 51.7. The molecular weight excluding hydrogens is 945 g/mol. The number of thiazole rings is 1. The zero-order valence-electron chi connectivity index (χ0n) is 41.3. The van der Waals surface area contributed by atoms with Crippen molar-refractivity contribution in [3.8, 4) is 27.5 Å². The van der Waals surface area contributed by atoms with Crippen LogP contribution in [-0.2, 0) is 36.8 Å². The minimum Gasteiger partial charge on any atom is -0.507 e. The highest BCUT2D eigenvalue weighted by Crippen LogP contribution is 2.34. The van der Waals surface area contributed by atoms with Crippen LogP contribution in [0.4, 0.5) is 0 Å². The first-order chi connectivity index (χ1) is 34.4. The molecular formula is C52H62N8O11S. The molecule has 6 amide bonds. The van der Waals surface area contributed by atoms with E-state index in [4.69, 9.17) is 14.0 Å². The molecule has 5 aromatic rings. The Kier molecular flexibility index (Phi) is 17.2. The van der Waals surface area contributed by atoms with E-state index in [0.717, 1.165) is 32.8 Å². The average Bonchev–Trinajstić information content (AvgIpc) is 4.18. The molecule has 1 fully saturated rings. The second kappa shape index (κ2) is 23.5. The van der Waals surface area contributed by atoms with Crippen LogP contribution in [0.1, 0.15) is 99.7 Å². The summed E-state index contributed by atoms with van der Waals surface area (Å²) in [5.41, 5.74) is 6.82. The fourth-order valence-corrected chi connectivity index (χ4v) is 9.40. The number of nitrogens with zero attached hydrogens (tertiary/aromatic N) is 4. The van der Waals surface area contributed by atoms with Gasteiger partial charge in [0.1, 0.15) is 17.8 Å². The number of ether oxygens (including phenoxy) is 2. The van der Waals surface area contributed by atoms with Gasteiger partial charge in [0.05, 0.1) is 60.2 Å². The van der Waals surface area contributed by atoms with Gasteiger partial charge in [0.25, 0.3) is 17.7 Å². The van der Waals surface area contributed by atoms with E-state index in [1.54, 1.807) is 49.1 Å². The van der Waals surface area contributed by atoms with E-state index in [2.05, 4.69) is 31.4 Å². The molecule has 0 bridgehead atoms. The maximum Gasteiger partial charge on any atom is 0.273 e. The Bertz CT molecular complexity index is 2770. The number of hydrogen-bond donors (Lipinski definition) is 6. The number of likely N-dealkylation sites (tertiary alicyclic amines) is 1. The van der Waals surface area contributed by atoms with Crippen LogP contribution in [0.25, 0.3) is 21.8 Å². The number of nitrogens with one attached hydrogen (secondary N) is 4. The van der Waals surface area contributed by atoms with Crippen LogP contribution >= 0.6 is 11.3 Å². The molecule has 0 spiro atoms. The lowest BCUT2D eigenvalue weighted by molar-refractivity contribution is -0.144. The molecule has 4 atom stereocenters. The molecule has 20 heteroatoms. The number of carbonyl (C=O) groups is 6. The molecule has 382 valence electrons. The molecule has 2 aliphatic rings. The molecule has 0 saturated carbocycles.